The molecule has 49 heavy (non-hydrogen) atoms. The molecule has 0 fully saturated rings. The summed E-state index contributed by atoms with van der Waals surface area (Å²) in [5.74, 6) is 0.0586. The van der Waals surface area contributed by atoms with Gasteiger partial charge in [0.2, 0.25) is 0 Å². The average Bonchev–Trinajstić information content (AvgIpc) is 3.14. The van der Waals surface area contributed by atoms with Crippen molar-refractivity contribution in [3.63, 3.8) is 0 Å². The second kappa shape index (κ2) is 14.5. The Bertz CT molecular complexity index is 2450. The zero-order valence-corrected chi connectivity index (χ0v) is 26.9. The normalized spacial score (nSPS) is 10.5. The lowest BCUT2D eigenvalue weighted by atomic mass is 10.0. The summed E-state index contributed by atoms with van der Waals surface area (Å²) in [5.41, 5.74) is 2.61. The summed E-state index contributed by atoms with van der Waals surface area (Å²) in [6.07, 6.45) is 9.62. The highest BCUT2D eigenvalue weighted by atomic mass is 79.9. The number of halogens is 3. The predicted molar refractivity (Wildman–Crippen MR) is 185 cm³/mol. The van der Waals surface area contributed by atoms with Crippen LogP contribution in [-0.4, -0.2) is 29.1 Å². The van der Waals surface area contributed by atoms with Crippen molar-refractivity contribution < 1.29 is 8.78 Å². The van der Waals surface area contributed by atoms with Crippen molar-refractivity contribution in [3.05, 3.63) is 182 Å². The predicted octanol–water partition coefficient (Wildman–Crippen LogP) is 7.85. The SMILES string of the molecule is O=c1c(Br)cc(-c2ncccn2)cn1-c1cccc(F)c1.[C-]#[N+]c1ccccc1-c1cc(-c2ncccn2)cn(-c2cccc(F)c2)c1=O. The molecule has 7 aromatic rings. The highest BCUT2D eigenvalue weighted by Crippen LogP contribution is 2.30. The largest absolute Gasteiger partial charge is 0.283 e. The van der Waals surface area contributed by atoms with Gasteiger partial charge in [-0.2, -0.15) is 0 Å². The smallest absolute Gasteiger partial charge is 0.269 e. The minimum absolute atomic E-state index is 0.278. The fourth-order valence-electron chi connectivity index (χ4n) is 4.90. The summed E-state index contributed by atoms with van der Waals surface area (Å²) in [4.78, 5) is 45.8. The molecule has 0 saturated carbocycles. The highest BCUT2D eigenvalue weighted by Gasteiger charge is 2.16. The molecule has 0 spiro atoms. The van der Waals surface area contributed by atoms with Gasteiger partial charge in [0.05, 0.1) is 22.4 Å². The number of aromatic nitrogens is 6. The summed E-state index contributed by atoms with van der Waals surface area (Å²) in [7, 11) is 0. The van der Waals surface area contributed by atoms with Crippen LogP contribution in [-0.2, 0) is 0 Å². The zero-order valence-electron chi connectivity index (χ0n) is 25.3. The molecule has 12 heteroatoms. The van der Waals surface area contributed by atoms with E-state index in [1.807, 2.05) is 0 Å². The molecular formula is C37H22BrF2N7O2. The maximum Gasteiger partial charge on any atom is 0.269 e. The van der Waals surface area contributed by atoms with E-state index in [-0.39, 0.29) is 11.1 Å². The molecule has 0 bridgehead atoms. The molecule has 0 radical (unpaired) electrons. The van der Waals surface area contributed by atoms with E-state index in [1.165, 1.54) is 39.5 Å². The van der Waals surface area contributed by atoms with Crippen LogP contribution in [0.3, 0.4) is 0 Å². The number of hydrogen-bond acceptors (Lipinski definition) is 6. The topological polar surface area (TPSA) is 99.9 Å². The van der Waals surface area contributed by atoms with E-state index in [9.17, 15) is 18.4 Å². The van der Waals surface area contributed by atoms with Crippen LogP contribution in [0.1, 0.15) is 0 Å². The molecule has 0 aliphatic carbocycles. The Balaban J connectivity index is 0.000000177. The maximum absolute atomic E-state index is 13.8. The summed E-state index contributed by atoms with van der Waals surface area (Å²) in [6.45, 7) is 7.41. The van der Waals surface area contributed by atoms with E-state index in [4.69, 9.17) is 6.57 Å². The molecule has 4 aromatic heterocycles. The fourth-order valence-corrected chi connectivity index (χ4v) is 5.34. The minimum Gasteiger partial charge on any atom is -0.283 e. The van der Waals surface area contributed by atoms with Crippen LogP contribution >= 0.6 is 15.9 Å². The van der Waals surface area contributed by atoms with E-state index in [1.54, 1.807) is 104 Å². The van der Waals surface area contributed by atoms with Gasteiger partial charge in [-0.05, 0) is 82.2 Å². The zero-order chi connectivity index (χ0) is 34.3. The number of hydrogen-bond donors (Lipinski definition) is 0. The lowest BCUT2D eigenvalue weighted by molar-refractivity contribution is 0.626. The van der Waals surface area contributed by atoms with Gasteiger partial charge in [-0.15, -0.1) is 0 Å². The standard InChI is InChI=1S/C22H13FN4O.C15H9BrFN3O/c1-24-20-9-3-2-8-18(20)19-12-15(21-25-10-5-11-26-21)14-27(22(19)28)17-7-4-6-16(23)13-17;16-13-7-10(14-18-5-2-6-19-14)9-20(15(13)21)12-4-1-3-11(17)8-12/h2-14H;1-9H. The van der Waals surface area contributed by atoms with Crippen LogP contribution in [0.5, 0.6) is 0 Å². The van der Waals surface area contributed by atoms with E-state index in [0.717, 1.165) is 0 Å². The minimum atomic E-state index is -0.450. The second-order valence-electron chi connectivity index (χ2n) is 10.3. The second-order valence-corrected chi connectivity index (χ2v) is 11.2. The quantitative estimate of drug-likeness (QED) is 0.169. The maximum atomic E-state index is 13.8. The number of para-hydroxylation sites is 1. The lowest BCUT2D eigenvalue weighted by Gasteiger charge is -2.12. The third kappa shape index (κ3) is 7.27. The first-order chi connectivity index (χ1) is 23.8. The first-order valence-corrected chi connectivity index (χ1v) is 15.3. The molecule has 0 atom stereocenters. The van der Waals surface area contributed by atoms with E-state index in [0.29, 0.717) is 55.4 Å². The van der Waals surface area contributed by atoms with Gasteiger partial charge in [-0.1, -0.05) is 36.4 Å². The van der Waals surface area contributed by atoms with E-state index < -0.39 is 11.6 Å². The van der Waals surface area contributed by atoms with Crippen molar-refractivity contribution in [2.75, 3.05) is 0 Å². The number of benzene rings is 3. The molecule has 0 aliphatic rings. The van der Waals surface area contributed by atoms with Crippen molar-refractivity contribution in [2.24, 2.45) is 0 Å². The van der Waals surface area contributed by atoms with Gasteiger partial charge in [-0.25, -0.2) is 33.6 Å². The van der Waals surface area contributed by atoms with E-state index in [2.05, 4.69) is 40.7 Å². The average molecular weight is 715 g/mol. The lowest BCUT2D eigenvalue weighted by Crippen LogP contribution is -2.20. The summed E-state index contributed by atoms with van der Waals surface area (Å²) < 4.78 is 30.2. The molecule has 0 saturated heterocycles. The molecule has 0 aliphatic heterocycles. The van der Waals surface area contributed by atoms with Crippen molar-refractivity contribution >= 4 is 21.6 Å². The summed E-state index contributed by atoms with van der Waals surface area (Å²) in [5, 5.41) is 0. The van der Waals surface area contributed by atoms with Crippen LogP contribution < -0.4 is 11.1 Å². The Morgan fingerprint density at radius 3 is 1.63 bits per heavy atom. The van der Waals surface area contributed by atoms with Gasteiger partial charge < -0.3 is 0 Å². The van der Waals surface area contributed by atoms with Gasteiger partial charge in [0.25, 0.3) is 11.1 Å². The van der Waals surface area contributed by atoms with Gasteiger partial charge in [0.1, 0.15) is 11.6 Å². The molecule has 0 amide bonds. The van der Waals surface area contributed by atoms with Gasteiger partial charge in [-0.3, -0.25) is 18.7 Å². The molecule has 4 heterocycles. The monoisotopic (exact) mass is 713 g/mol. The Morgan fingerprint density at radius 1 is 0.592 bits per heavy atom. The van der Waals surface area contributed by atoms with Gasteiger partial charge >= 0.3 is 0 Å². The van der Waals surface area contributed by atoms with Crippen molar-refractivity contribution in [1.29, 1.82) is 0 Å². The van der Waals surface area contributed by atoms with Crippen molar-refractivity contribution in [2.45, 2.75) is 0 Å². The van der Waals surface area contributed by atoms with Gasteiger partial charge in [0.15, 0.2) is 17.3 Å². The third-order valence-corrected chi connectivity index (χ3v) is 7.69. The van der Waals surface area contributed by atoms with Crippen LogP contribution in [0, 0.1) is 18.2 Å². The molecule has 238 valence electrons. The first-order valence-electron chi connectivity index (χ1n) is 14.5. The summed E-state index contributed by atoms with van der Waals surface area (Å²) >= 11 is 3.23. The van der Waals surface area contributed by atoms with Crippen LogP contribution in [0.25, 0.3) is 50.1 Å². The molecule has 7 rings (SSSR count). The van der Waals surface area contributed by atoms with Crippen molar-refractivity contribution in [3.8, 4) is 45.3 Å². The van der Waals surface area contributed by atoms with E-state index >= 15 is 0 Å². The van der Waals surface area contributed by atoms with Crippen LogP contribution in [0.4, 0.5) is 14.5 Å². The summed E-state index contributed by atoms with van der Waals surface area (Å²) in [6, 6.07) is 25.2. The number of rotatable bonds is 5. The van der Waals surface area contributed by atoms with Gasteiger partial charge in [0, 0.05) is 53.9 Å². The van der Waals surface area contributed by atoms with Crippen molar-refractivity contribution in [1.82, 2.24) is 29.1 Å². The Labute approximate surface area is 286 Å². The first kappa shape index (κ1) is 32.5. The molecule has 0 N–H and O–H groups in total. The number of nitrogens with zero attached hydrogens (tertiary/aromatic N) is 7. The Morgan fingerprint density at radius 2 is 1.10 bits per heavy atom. The molecule has 3 aromatic carbocycles. The highest BCUT2D eigenvalue weighted by molar-refractivity contribution is 9.10. The van der Waals surface area contributed by atoms with Crippen LogP contribution in [0.2, 0.25) is 0 Å². The number of pyridine rings is 2. The Hall–Kier alpha value is -6.45. The Kier molecular flexibility index (Phi) is 9.64. The van der Waals surface area contributed by atoms with Crippen LogP contribution in [0.15, 0.2) is 148 Å². The third-order valence-electron chi connectivity index (χ3n) is 7.13. The molecular weight excluding hydrogens is 692 g/mol. The molecule has 9 nitrogen and oxygen atoms in total. The fraction of sp³-hybridized carbons (Fsp3) is 0. The molecule has 0 unspecified atom stereocenters.